The van der Waals surface area contributed by atoms with Gasteiger partial charge < -0.3 is 9.88 Å². The van der Waals surface area contributed by atoms with Crippen molar-refractivity contribution < 1.29 is 21.6 Å². The van der Waals surface area contributed by atoms with Gasteiger partial charge in [0.05, 0.1) is 18.2 Å². The molecule has 0 spiro atoms. The molecule has 0 aliphatic carbocycles. The fraction of sp³-hybridized carbons (Fsp3) is 0.556. The number of sulfonamides is 1. The van der Waals surface area contributed by atoms with Crippen LogP contribution in [0.4, 0.5) is 13.2 Å². The van der Waals surface area contributed by atoms with Crippen LogP contribution in [0.25, 0.3) is 0 Å². The molecule has 15 heteroatoms. The van der Waals surface area contributed by atoms with Crippen LogP contribution in [0, 0.1) is 0 Å². The number of guanidine groups is 1. The van der Waals surface area contributed by atoms with Crippen LogP contribution in [-0.2, 0) is 24.1 Å². The van der Waals surface area contributed by atoms with Crippen LogP contribution in [0.15, 0.2) is 39.8 Å². The lowest BCUT2D eigenvalue weighted by Crippen LogP contribution is -2.51. The van der Waals surface area contributed by atoms with Crippen molar-refractivity contribution in [1.29, 1.82) is 0 Å². The van der Waals surface area contributed by atoms with Crippen LogP contribution in [0.2, 0.25) is 0 Å². The molecule has 2 unspecified atom stereocenters. The van der Waals surface area contributed by atoms with E-state index in [1.807, 2.05) is 0 Å². The Morgan fingerprint density at radius 2 is 1.91 bits per heavy atom. The summed E-state index contributed by atoms with van der Waals surface area (Å²) in [5.41, 5.74) is 0.148. The molecule has 0 saturated carbocycles. The van der Waals surface area contributed by atoms with Crippen molar-refractivity contribution in [1.82, 2.24) is 29.0 Å². The van der Waals surface area contributed by atoms with Gasteiger partial charge in [-0.3, -0.25) is 4.68 Å². The Morgan fingerprint density at radius 3 is 2.45 bits per heavy atom. The standard InChI is InChI=1S/C18H22BrF3N8O2S/c1-28-9-14(24-11-28)15-17(19,18(20,21)22)10-23-16(27-15)26-12-3-5-30(6-4-12)33(31,32)13-7-25-29(2)8-13/h7-12,15H,3-6H2,1-2H3,(H,26,27). The zero-order valence-corrected chi connectivity index (χ0v) is 20.1. The van der Waals surface area contributed by atoms with Gasteiger partial charge >= 0.3 is 6.18 Å². The number of aromatic nitrogens is 4. The summed E-state index contributed by atoms with van der Waals surface area (Å²) >= 11 is 2.80. The summed E-state index contributed by atoms with van der Waals surface area (Å²) in [6, 6.07) is -1.57. The van der Waals surface area contributed by atoms with Crippen molar-refractivity contribution in [2.24, 2.45) is 24.1 Å². The molecule has 0 amide bonds. The van der Waals surface area contributed by atoms with Crippen LogP contribution in [0.3, 0.4) is 0 Å². The molecule has 2 aliphatic heterocycles. The molecular weight excluding hydrogens is 529 g/mol. The molecule has 2 aromatic rings. The van der Waals surface area contributed by atoms with Gasteiger partial charge in [0, 0.05) is 51.8 Å². The summed E-state index contributed by atoms with van der Waals surface area (Å²) in [5.74, 6) is 0.0542. The average Bonchev–Trinajstić information content (AvgIpc) is 3.38. The van der Waals surface area contributed by atoms with E-state index in [0.29, 0.717) is 12.8 Å². The van der Waals surface area contributed by atoms with Crippen molar-refractivity contribution in [2.45, 2.75) is 40.3 Å². The minimum absolute atomic E-state index is 0.0542. The zero-order chi connectivity index (χ0) is 24.0. The highest BCUT2D eigenvalue weighted by Crippen LogP contribution is 2.48. The minimum Gasteiger partial charge on any atom is -0.352 e. The molecule has 180 valence electrons. The lowest BCUT2D eigenvalue weighted by atomic mass is 9.97. The van der Waals surface area contributed by atoms with E-state index in [1.165, 1.54) is 33.9 Å². The van der Waals surface area contributed by atoms with Gasteiger partial charge in [0.15, 0.2) is 4.32 Å². The zero-order valence-electron chi connectivity index (χ0n) is 17.7. The van der Waals surface area contributed by atoms with E-state index >= 15 is 0 Å². The topological polar surface area (TPSA) is 110 Å². The third kappa shape index (κ3) is 4.57. The summed E-state index contributed by atoms with van der Waals surface area (Å²) in [7, 11) is -0.353. The number of aliphatic imine (C=N–C) groups is 2. The summed E-state index contributed by atoms with van der Waals surface area (Å²) in [4.78, 5) is 12.3. The van der Waals surface area contributed by atoms with E-state index in [-0.39, 0.29) is 35.7 Å². The van der Waals surface area contributed by atoms with Gasteiger partial charge in [0.1, 0.15) is 10.9 Å². The summed E-state index contributed by atoms with van der Waals surface area (Å²) in [6.45, 7) is 0.501. The normalized spacial score (nSPS) is 25.3. The number of halogens is 4. The van der Waals surface area contributed by atoms with Gasteiger partial charge in [-0.1, -0.05) is 15.9 Å². The third-order valence-electron chi connectivity index (χ3n) is 5.57. The number of nitrogens with zero attached hydrogens (tertiary/aromatic N) is 7. The number of hydrogen-bond donors (Lipinski definition) is 1. The first kappa shape index (κ1) is 23.9. The average molecular weight is 551 g/mol. The lowest BCUT2D eigenvalue weighted by molar-refractivity contribution is -0.144. The summed E-state index contributed by atoms with van der Waals surface area (Å²) < 4.78 is 68.8. The van der Waals surface area contributed by atoms with E-state index in [2.05, 4.69) is 41.3 Å². The first-order valence-electron chi connectivity index (χ1n) is 10.0. The fourth-order valence-electron chi connectivity index (χ4n) is 3.74. The fourth-order valence-corrected chi connectivity index (χ4v) is 5.63. The van der Waals surface area contributed by atoms with Gasteiger partial charge in [-0.25, -0.2) is 23.4 Å². The molecule has 2 aromatic heterocycles. The number of alkyl halides is 4. The van der Waals surface area contributed by atoms with Crippen LogP contribution >= 0.6 is 15.9 Å². The molecule has 2 atom stereocenters. The second-order valence-electron chi connectivity index (χ2n) is 8.02. The molecule has 1 fully saturated rings. The maximum absolute atomic E-state index is 13.8. The number of aryl methyl sites for hydroxylation is 2. The van der Waals surface area contributed by atoms with Gasteiger partial charge in [0.2, 0.25) is 16.0 Å². The molecule has 0 aromatic carbocycles. The Kier molecular flexibility index (Phi) is 6.16. The van der Waals surface area contributed by atoms with Crippen LogP contribution in [-0.4, -0.2) is 73.9 Å². The first-order valence-corrected chi connectivity index (χ1v) is 12.3. The molecule has 10 nitrogen and oxygen atoms in total. The Hall–Kier alpha value is -2.26. The number of nitrogens with one attached hydrogen (secondary N) is 1. The monoisotopic (exact) mass is 550 g/mol. The number of imidazole rings is 1. The number of hydrogen-bond acceptors (Lipinski definition) is 7. The molecule has 1 N–H and O–H groups in total. The Morgan fingerprint density at radius 1 is 1.21 bits per heavy atom. The van der Waals surface area contributed by atoms with E-state index in [9.17, 15) is 21.6 Å². The molecule has 2 aliphatic rings. The summed E-state index contributed by atoms with van der Waals surface area (Å²) in [5, 5.41) is 6.97. The molecular formula is C18H22BrF3N8O2S. The van der Waals surface area contributed by atoms with E-state index in [0.717, 1.165) is 6.21 Å². The SMILES string of the molecule is Cn1cnc(C2N=C(NC3CCN(S(=O)(=O)c4cnn(C)c4)CC3)N=CC2(Br)C(F)(F)F)c1. The van der Waals surface area contributed by atoms with Gasteiger partial charge in [0.25, 0.3) is 0 Å². The van der Waals surface area contributed by atoms with Gasteiger partial charge in [-0.15, -0.1) is 0 Å². The van der Waals surface area contributed by atoms with E-state index in [1.54, 1.807) is 18.7 Å². The van der Waals surface area contributed by atoms with Crippen LogP contribution in [0.5, 0.6) is 0 Å². The molecule has 4 rings (SSSR count). The second kappa shape index (κ2) is 8.51. The predicted octanol–water partition coefficient (Wildman–Crippen LogP) is 1.77. The maximum Gasteiger partial charge on any atom is 0.411 e. The minimum atomic E-state index is -4.65. The summed E-state index contributed by atoms with van der Waals surface area (Å²) in [6.07, 6.45) is 2.66. The quantitative estimate of drug-likeness (QED) is 0.583. The molecule has 33 heavy (non-hydrogen) atoms. The molecule has 1 saturated heterocycles. The number of piperidine rings is 1. The van der Waals surface area contributed by atoms with Gasteiger partial charge in [-0.2, -0.15) is 22.6 Å². The Bertz CT molecular complexity index is 1180. The van der Waals surface area contributed by atoms with E-state index < -0.39 is 26.6 Å². The Balaban J connectivity index is 1.47. The highest BCUT2D eigenvalue weighted by Gasteiger charge is 2.59. The van der Waals surface area contributed by atoms with Crippen LogP contribution in [0.1, 0.15) is 24.6 Å². The van der Waals surface area contributed by atoms with Crippen molar-refractivity contribution in [2.75, 3.05) is 13.1 Å². The lowest BCUT2D eigenvalue weighted by Gasteiger charge is -2.35. The maximum atomic E-state index is 13.8. The van der Waals surface area contributed by atoms with E-state index in [4.69, 9.17) is 0 Å². The highest BCUT2D eigenvalue weighted by molar-refractivity contribution is 9.10. The molecule has 0 bridgehead atoms. The smallest absolute Gasteiger partial charge is 0.352 e. The third-order valence-corrected chi connectivity index (χ3v) is 8.51. The molecule has 0 radical (unpaired) electrons. The largest absolute Gasteiger partial charge is 0.411 e. The van der Waals surface area contributed by atoms with Crippen molar-refractivity contribution in [3.63, 3.8) is 0 Å². The Labute approximate surface area is 196 Å². The second-order valence-corrected chi connectivity index (χ2v) is 11.3. The van der Waals surface area contributed by atoms with Crippen molar-refractivity contribution in [3.05, 3.63) is 30.6 Å². The highest BCUT2D eigenvalue weighted by atomic mass is 79.9. The molecule has 4 heterocycles. The van der Waals surface area contributed by atoms with Crippen LogP contribution < -0.4 is 5.32 Å². The first-order chi connectivity index (χ1) is 15.4. The van der Waals surface area contributed by atoms with Crippen molar-refractivity contribution >= 4 is 38.1 Å². The van der Waals surface area contributed by atoms with Crippen molar-refractivity contribution in [3.8, 4) is 0 Å². The van der Waals surface area contributed by atoms with Gasteiger partial charge in [-0.05, 0) is 12.8 Å². The predicted molar refractivity (Wildman–Crippen MR) is 118 cm³/mol. The number of rotatable bonds is 4.